The summed E-state index contributed by atoms with van der Waals surface area (Å²) in [6.07, 6.45) is 8.73. The molecule has 7 heteroatoms. The maximum Gasteiger partial charge on any atom is 0.257 e. The molecule has 1 aliphatic heterocycles. The highest BCUT2D eigenvalue weighted by atomic mass is 16.2. The van der Waals surface area contributed by atoms with Crippen molar-refractivity contribution in [2.24, 2.45) is 13.0 Å². The maximum absolute atomic E-state index is 13.0. The van der Waals surface area contributed by atoms with Crippen molar-refractivity contribution in [3.63, 3.8) is 0 Å². The molecule has 1 aromatic rings. The molecule has 0 bridgehead atoms. The molecular weight excluding hydrogens is 354 g/mol. The van der Waals surface area contributed by atoms with Gasteiger partial charge in [0.2, 0.25) is 5.91 Å². The zero-order valence-electron chi connectivity index (χ0n) is 17.2. The largest absolute Gasteiger partial charge is 0.352 e. The summed E-state index contributed by atoms with van der Waals surface area (Å²) < 4.78 is 1.86. The molecule has 0 aromatic carbocycles. The fourth-order valence-electron chi connectivity index (χ4n) is 4.77. The quantitative estimate of drug-likeness (QED) is 0.836. The van der Waals surface area contributed by atoms with Gasteiger partial charge >= 0.3 is 0 Å². The first-order valence-corrected chi connectivity index (χ1v) is 10.8. The number of amides is 2. The van der Waals surface area contributed by atoms with E-state index in [4.69, 9.17) is 0 Å². The Morgan fingerprint density at radius 2 is 1.89 bits per heavy atom. The van der Waals surface area contributed by atoms with E-state index in [9.17, 15) is 9.59 Å². The van der Waals surface area contributed by atoms with E-state index in [1.807, 2.05) is 16.6 Å². The molecule has 2 heterocycles. The van der Waals surface area contributed by atoms with Crippen LogP contribution in [0.2, 0.25) is 0 Å². The molecule has 28 heavy (non-hydrogen) atoms. The zero-order chi connectivity index (χ0) is 19.7. The van der Waals surface area contributed by atoms with Gasteiger partial charge in [0, 0.05) is 45.2 Å². The van der Waals surface area contributed by atoms with Gasteiger partial charge < -0.3 is 10.2 Å². The molecule has 2 atom stereocenters. The molecule has 154 valence electrons. The monoisotopic (exact) mass is 387 g/mol. The van der Waals surface area contributed by atoms with Gasteiger partial charge in [-0.2, -0.15) is 5.10 Å². The molecule has 1 N–H and O–H groups in total. The number of hydrogen-bond acceptors (Lipinski definition) is 4. The van der Waals surface area contributed by atoms with E-state index in [-0.39, 0.29) is 11.8 Å². The average molecular weight is 388 g/mol. The van der Waals surface area contributed by atoms with Crippen LogP contribution >= 0.6 is 0 Å². The van der Waals surface area contributed by atoms with Crippen LogP contribution in [-0.4, -0.2) is 70.2 Å². The molecule has 0 spiro atoms. The van der Waals surface area contributed by atoms with E-state index in [2.05, 4.69) is 22.2 Å². The summed E-state index contributed by atoms with van der Waals surface area (Å²) in [4.78, 5) is 29.5. The van der Waals surface area contributed by atoms with Crippen molar-refractivity contribution in [3.05, 3.63) is 17.5 Å². The van der Waals surface area contributed by atoms with Crippen LogP contribution in [0.3, 0.4) is 0 Å². The van der Waals surface area contributed by atoms with Crippen molar-refractivity contribution in [3.8, 4) is 0 Å². The Hall–Kier alpha value is -1.89. The highest BCUT2D eigenvalue weighted by Crippen LogP contribution is 2.41. The van der Waals surface area contributed by atoms with Crippen molar-refractivity contribution in [1.29, 1.82) is 0 Å². The smallest absolute Gasteiger partial charge is 0.257 e. The van der Waals surface area contributed by atoms with Crippen LogP contribution in [0, 0.1) is 5.92 Å². The summed E-state index contributed by atoms with van der Waals surface area (Å²) in [5.74, 6) is 1.43. The van der Waals surface area contributed by atoms with E-state index in [1.54, 1.807) is 6.20 Å². The SMILES string of the molecule is CC1CCCC(NC(=O)CN2CCN(C(=O)c3cnn(C)c3C3CC3)CC2)C1. The normalized spacial score (nSPS) is 26.3. The van der Waals surface area contributed by atoms with Gasteiger partial charge in [0.15, 0.2) is 0 Å². The first-order chi connectivity index (χ1) is 13.5. The van der Waals surface area contributed by atoms with Crippen molar-refractivity contribution in [2.45, 2.75) is 57.4 Å². The molecule has 1 aromatic heterocycles. The second-order valence-electron chi connectivity index (χ2n) is 8.95. The summed E-state index contributed by atoms with van der Waals surface area (Å²) in [7, 11) is 1.92. The fraction of sp³-hybridized carbons (Fsp3) is 0.762. The van der Waals surface area contributed by atoms with Crippen molar-refractivity contribution in [2.75, 3.05) is 32.7 Å². The van der Waals surface area contributed by atoms with Crippen molar-refractivity contribution < 1.29 is 9.59 Å². The number of rotatable bonds is 5. The van der Waals surface area contributed by atoms with Crippen LogP contribution in [0.15, 0.2) is 6.20 Å². The summed E-state index contributed by atoms with van der Waals surface area (Å²) in [6.45, 7) is 5.55. The minimum atomic E-state index is 0.0929. The standard InChI is InChI=1S/C21H33N5O2/c1-15-4-3-5-17(12-15)23-19(27)14-25-8-10-26(11-9-25)21(28)18-13-22-24(2)20(18)16-6-7-16/h13,15-17H,3-12,14H2,1-2H3,(H,23,27). The van der Waals surface area contributed by atoms with E-state index in [0.29, 0.717) is 37.5 Å². The molecule has 1 saturated heterocycles. The molecule has 3 fully saturated rings. The molecule has 3 aliphatic rings. The molecule has 7 nitrogen and oxygen atoms in total. The Morgan fingerprint density at radius 3 is 2.57 bits per heavy atom. The third-order valence-corrected chi connectivity index (χ3v) is 6.51. The molecule has 2 saturated carbocycles. The van der Waals surface area contributed by atoms with E-state index in [0.717, 1.165) is 50.0 Å². The number of carbonyl (C=O) groups excluding carboxylic acids is 2. The fourth-order valence-corrected chi connectivity index (χ4v) is 4.77. The van der Waals surface area contributed by atoms with Gasteiger partial charge in [-0.05, 0) is 31.6 Å². The van der Waals surface area contributed by atoms with Crippen LogP contribution in [0.1, 0.15) is 67.4 Å². The van der Waals surface area contributed by atoms with Crippen LogP contribution in [-0.2, 0) is 11.8 Å². The minimum Gasteiger partial charge on any atom is -0.352 e. The van der Waals surface area contributed by atoms with Gasteiger partial charge in [0.05, 0.1) is 24.0 Å². The zero-order valence-corrected chi connectivity index (χ0v) is 17.2. The Kier molecular flexibility index (Phi) is 5.71. The summed E-state index contributed by atoms with van der Waals surface area (Å²) in [6, 6.07) is 0.338. The van der Waals surface area contributed by atoms with Crippen molar-refractivity contribution in [1.82, 2.24) is 24.9 Å². The predicted molar refractivity (Wildman–Crippen MR) is 107 cm³/mol. The van der Waals surface area contributed by atoms with E-state index in [1.165, 1.54) is 12.8 Å². The maximum atomic E-state index is 13.0. The van der Waals surface area contributed by atoms with Gasteiger partial charge in [-0.25, -0.2) is 0 Å². The molecular formula is C21H33N5O2. The number of nitrogens with one attached hydrogen (secondary N) is 1. The van der Waals surface area contributed by atoms with Crippen LogP contribution in [0.5, 0.6) is 0 Å². The number of aromatic nitrogens is 2. The minimum absolute atomic E-state index is 0.0929. The topological polar surface area (TPSA) is 70.5 Å². The summed E-state index contributed by atoms with van der Waals surface area (Å²) in [5, 5.41) is 7.53. The van der Waals surface area contributed by atoms with Crippen LogP contribution in [0.25, 0.3) is 0 Å². The molecule has 2 aliphatic carbocycles. The molecule has 0 radical (unpaired) electrons. The second-order valence-corrected chi connectivity index (χ2v) is 8.95. The first kappa shape index (κ1) is 19.4. The summed E-state index contributed by atoms with van der Waals surface area (Å²) in [5.41, 5.74) is 1.86. The van der Waals surface area contributed by atoms with Gasteiger partial charge in [-0.3, -0.25) is 19.2 Å². The lowest BCUT2D eigenvalue weighted by atomic mass is 9.87. The lowest BCUT2D eigenvalue weighted by Crippen LogP contribution is -2.52. The Balaban J connectivity index is 1.25. The molecule has 4 rings (SSSR count). The van der Waals surface area contributed by atoms with Crippen LogP contribution < -0.4 is 5.32 Å². The van der Waals surface area contributed by atoms with Gasteiger partial charge in [-0.15, -0.1) is 0 Å². The highest BCUT2D eigenvalue weighted by molar-refractivity contribution is 5.95. The third-order valence-electron chi connectivity index (χ3n) is 6.51. The lowest BCUT2D eigenvalue weighted by Gasteiger charge is -2.35. The molecule has 2 amide bonds. The van der Waals surface area contributed by atoms with Crippen LogP contribution in [0.4, 0.5) is 0 Å². The van der Waals surface area contributed by atoms with Gasteiger partial charge in [-0.1, -0.05) is 19.8 Å². The average Bonchev–Trinajstić information content (AvgIpc) is 3.43. The Morgan fingerprint density at radius 1 is 1.14 bits per heavy atom. The van der Waals surface area contributed by atoms with E-state index < -0.39 is 0 Å². The third kappa shape index (κ3) is 4.40. The van der Waals surface area contributed by atoms with Crippen molar-refractivity contribution >= 4 is 11.8 Å². The highest BCUT2D eigenvalue weighted by Gasteiger charge is 2.34. The number of hydrogen-bond donors (Lipinski definition) is 1. The first-order valence-electron chi connectivity index (χ1n) is 10.8. The van der Waals surface area contributed by atoms with E-state index >= 15 is 0 Å². The Labute approximate surface area is 167 Å². The van der Waals surface area contributed by atoms with Gasteiger partial charge in [0.1, 0.15) is 0 Å². The number of nitrogens with zero attached hydrogens (tertiary/aromatic N) is 4. The number of piperazine rings is 1. The van der Waals surface area contributed by atoms with Gasteiger partial charge in [0.25, 0.3) is 5.91 Å². The number of carbonyl (C=O) groups is 2. The lowest BCUT2D eigenvalue weighted by molar-refractivity contribution is -0.123. The molecule has 2 unspecified atom stereocenters. The second kappa shape index (κ2) is 8.23. The number of aryl methyl sites for hydroxylation is 1. The summed E-state index contributed by atoms with van der Waals surface area (Å²) >= 11 is 0. The Bertz CT molecular complexity index is 718. The predicted octanol–water partition coefficient (Wildman–Crippen LogP) is 1.75.